The maximum Gasteiger partial charge on any atom is 0.133 e. The Labute approximate surface area is 101 Å². The Morgan fingerprint density at radius 1 is 1.35 bits per heavy atom. The number of nitrogen functional groups attached to an aromatic ring is 1. The highest BCUT2D eigenvalue weighted by atomic mass is 15.0. The molecule has 1 aromatic heterocycles. The summed E-state index contributed by atoms with van der Waals surface area (Å²) in [7, 11) is 0. The van der Waals surface area contributed by atoms with Gasteiger partial charge in [0.05, 0.1) is 0 Å². The van der Waals surface area contributed by atoms with Gasteiger partial charge in [0, 0.05) is 29.2 Å². The summed E-state index contributed by atoms with van der Waals surface area (Å²) in [5, 5.41) is 5.45. The minimum Gasteiger partial charge on any atom is -0.398 e. The summed E-state index contributed by atoms with van der Waals surface area (Å²) < 4.78 is 0. The molecule has 5 N–H and O–H groups in total. The van der Waals surface area contributed by atoms with Crippen molar-refractivity contribution in [3.8, 4) is 0 Å². The summed E-state index contributed by atoms with van der Waals surface area (Å²) >= 11 is 0. The summed E-state index contributed by atoms with van der Waals surface area (Å²) in [4.78, 5) is 4.41. The highest BCUT2D eigenvalue weighted by Crippen LogP contribution is 2.28. The molecule has 17 heavy (non-hydrogen) atoms. The van der Waals surface area contributed by atoms with Crippen molar-refractivity contribution in [2.24, 2.45) is 5.73 Å². The van der Waals surface area contributed by atoms with Crippen LogP contribution in [0.5, 0.6) is 0 Å². The summed E-state index contributed by atoms with van der Waals surface area (Å²) in [6.07, 6.45) is 2.78. The van der Waals surface area contributed by atoms with E-state index in [0.717, 1.165) is 40.8 Å². The van der Waals surface area contributed by atoms with E-state index in [2.05, 4.69) is 10.3 Å². The van der Waals surface area contributed by atoms with Crippen LogP contribution < -0.4 is 16.8 Å². The van der Waals surface area contributed by atoms with Crippen molar-refractivity contribution >= 4 is 22.3 Å². The molecule has 0 fully saturated rings. The molecular weight excluding hydrogens is 212 g/mol. The number of rotatable bonds is 4. The van der Waals surface area contributed by atoms with Crippen LogP contribution in [0.4, 0.5) is 11.5 Å². The zero-order valence-corrected chi connectivity index (χ0v) is 10.0. The normalized spacial score (nSPS) is 10.7. The van der Waals surface area contributed by atoms with Gasteiger partial charge in [0.2, 0.25) is 0 Å². The Hall–Kier alpha value is -1.81. The fourth-order valence-corrected chi connectivity index (χ4v) is 1.95. The maximum absolute atomic E-state index is 6.01. The van der Waals surface area contributed by atoms with Crippen LogP contribution in [0.2, 0.25) is 0 Å². The molecule has 0 saturated heterocycles. The fourth-order valence-electron chi connectivity index (χ4n) is 1.95. The number of fused-ring (bicyclic) bond motifs is 1. The molecule has 2 aromatic rings. The molecule has 0 aliphatic heterocycles. The predicted molar refractivity (Wildman–Crippen MR) is 73.1 cm³/mol. The molecule has 1 heterocycles. The number of hydrogen-bond donors (Lipinski definition) is 3. The number of nitrogens with zero attached hydrogens (tertiary/aromatic N) is 1. The van der Waals surface area contributed by atoms with Gasteiger partial charge in [-0.05, 0) is 31.5 Å². The van der Waals surface area contributed by atoms with E-state index in [1.54, 1.807) is 0 Å². The van der Waals surface area contributed by atoms with Gasteiger partial charge in [-0.25, -0.2) is 4.98 Å². The second-order valence-corrected chi connectivity index (χ2v) is 4.13. The smallest absolute Gasteiger partial charge is 0.133 e. The molecular formula is C13H18N4. The van der Waals surface area contributed by atoms with E-state index in [9.17, 15) is 0 Å². The molecule has 4 heteroatoms. The van der Waals surface area contributed by atoms with Crippen molar-refractivity contribution < 1.29 is 0 Å². The average molecular weight is 230 g/mol. The molecule has 0 spiro atoms. The summed E-state index contributed by atoms with van der Waals surface area (Å²) in [6, 6.07) is 5.91. The number of benzene rings is 1. The second kappa shape index (κ2) is 5.01. The number of aryl methyl sites for hydroxylation is 1. The van der Waals surface area contributed by atoms with Crippen LogP contribution >= 0.6 is 0 Å². The van der Waals surface area contributed by atoms with Crippen molar-refractivity contribution in [1.29, 1.82) is 0 Å². The third kappa shape index (κ3) is 2.31. The number of pyridine rings is 1. The molecule has 0 aliphatic rings. The van der Waals surface area contributed by atoms with Crippen LogP contribution in [-0.4, -0.2) is 18.1 Å². The standard InChI is InChI=1S/C13H18N4/c1-9-8-17-13(16-7-3-6-14)10-4-2-5-11(15)12(9)10/h2,4-5,8H,3,6-7,14-15H2,1H3,(H,16,17). The monoisotopic (exact) mass is 230 g/mol. The first-order chi connectivity index (χ1) is 8.24. The zero-order valence-electron chi connectivity index (χ0n) is 10.0. The number of nitrogens with one attached hydrogen (secondary N) is 1. The van der Waals surface area contributed by atoms with Gasteiger partial charge in [0.15, 0.2) is 0 Å². The third-order valence-corrected chi connectivity index (χ3v) is 2.81. The van der Waals surface area contributed by atoms with E-state index >= 15 is 0 Å². The number of aromatic nitrogens is 1. The molecule has 0 saturated carbocycles. The first-order valence-electron chi connectivity index (χ1n) is 5.81. The van der Waals surface area contributed by atoms with E-state index in [4.69, 9.17) is 11.5 Å². The van der Waals surface area contributed by atoms with Gasteiger partial charge in [0.25, 0.3) is 0 Å². The van der Waals surface area contributed by atoms with Gasteiger partial charge in [-0.2, -0.15) is 0 Å². The van der Waals surface area contributed by atoms with Crippen LogP contribution in [0.15, 0.2) is 24.4 Å². The lowest BCUT2D eigenvalue weighted by atomic mass is 10.1. The van der Waals surface area contributed by atoms with E-state index in [1.165, 1.54) is 0 Å². The Bertz CT molecular complexity index is 514. The van der Waals surface area contributed by atoms with Crippen LogP contribution in [-0.2, 0) is 0 Å². The van der Waals surface area contributed by atoms with E-state index in [0.29, 0.717) is 6.54 Å². The largest absolute Gasteiger partial charge is 0.398 e. The third-order valence-electron chi connectivity index (χ3n) is 2.81. The molecule has 0 aliphatic carbocycles. The molecule has 90 valence electrons. The Morgan fingerprint density at radius 3 is 2.94 bits per heavy atom. The minimum atomic E-state index is 0.679. The minimum absolute atomic E-state index is 0.679. The molecule has 0 atom stereocenters. The quantitative estimate of drug-likeness (QED) is 0.553. The van der Waals surface area contributed by atoms with Crippen LogP contribution in [0.3, 0.4) is 0 Å². The van der Waals surface area contributed by atoms with E-state index in [1.807, 2.05) is 31.3 Å². The zero-order chi connectivity index (χ0) is 12.3. The Morgan fingerprint density at radius 2 is 2.18 bits per heavy atom. The van der Waals surface area contributed by atoms with Gasteiger partial charge in [0.1, 0.15) is 5.82 Å². The molecule has 0 amide bonds. The van der Waals surface area contributed by atoms with Crippen molar-refractivity contribution in [1.82, 2.24) is 4.98 Å². The number of anilines is 2. The van der Waals surface area contributed by atoms with Gasteiger partial charge < -0.3 is 16.8 Å². The molecule has 0 unspecified atom stereocenters. The van der Waals surface area contributed by atoms with E-state index in [-0.39, 0.29) is 0 Å². The topological polar surface area (TPSA) is 77.0 Å². The molecule has 4 nitrogen and oxygen atoms in total. The van der Waals surface area contributed by atoms with Crippen LogP contribution in [0.1, 0.15) is 12.0 Å². The Kier molecular flexibility index (Phi) is 3.44. The van der Waals surface area contributed by atoms with Crippen LogP contribution in [0.25, 0.3) is 10.8 Å². The van der Waals surface area contributed by atoms with E-state index < -0.39 is 0 Å². The second-order valence-electron chi connectivity index (χ2n) is 4.13. The fraction of sp³-hybridized carbons (Fsp3) is 0.308. The van der Waals surface area contributed by atoms with Gasteiger partial charge in [-0.1, -0.05) is 12.1 Å². The lowest BCUT2D eigenvalue weighted by molar-refractivity contribution is 0.871. The van der Waals surface area contributed by atoms with Crippen molar-refractivity contribution in [2.75, 3.05) is 24.1 Å². The lowest BCUT2D eigenvalue weighted by Gasteiger charge is -2.11. The van der Waals surface area contributed by atoms with Gasteiger partial charge >= 0.3 is 0 Å². The maximum atomic E-state index is 6.01. The molecule has 2 rings (SSSR count). The first-order valence-corrected chi connectivity index (χ1v) is 5.81. The molecule has 0 bridgehead atoms. The first kappa shape index (κ1) is 11.7. The van der Waals surface area contributed by atoms with Crippen LogP contribution in [0, 0.1) is 6.92 Å². The summed E-state index contributed by atoms with van der Waals surface area (Å²) in [5.74, 6) is 0.881. The van der Waals surface area contributed by atoms with Crippen molar-refractivity contribution in [2.45, 2.75) is 13.3 Å². The summed E-state index contributed by atoms with van der Waals surface area (Å²) in [6.45, 7) is 3.53. The SMILES string of the molecule is Cc1cnc(NCCCN)c2cccc(N)c12. The van der Waals surface area contributed by atoms with Gasteiger partial charge in [-0.15, -0.1) is 0 Å². The highest BCUT2D eigenvalue weighted by Gasteiger charge is 2.06. The predicted octanol–water partition coefficient (Wildman–Crippen LogP) is 1.89. The molecule has 0 radical (unpaired) electrons. The Balaban J connectivity index is 2.44. The lowest BCUT2D eigenvalue weighted by Crippen LogP contribution is -2.09. The number of hydrogen-bond acceptors (Lipinski definition) is 4. The molecule has 1 aromatic carbocycles. The van der Waals surface area contributed by atoms with Crippen molar-refractivity contribution in [3.05, 3.63) is 30.0 Å². The summed E-state index contributed by atoms with van der Waals surface area (Å²) in [5.41, 5.74) is 13.4. The highest BCUT2D eigenvalue weighted by molar-refractivity contribution is 6.01. The average Bonchev–Trinajstić information content (AvgIpc) is 2.32. The van der Waals surface area contributed by atoms with Gasteiger partial charge in [-0.3, -0.25) is 0 Å². The number of nitrogens with two attached hydrogens (primary N) is 2. The van der Waals surface area contributed by atoms with Crippen molar-refractivity contribution in [3.63, 3.8) is 0 Å².